The van der Waals surface area contributed by atoms with Crippen LogP contribution in [0.15, 0.2) is 18.2 Å². The van der Waals surface area contributed by atoms with Gasteiger partial charge in [0.2, 0.25) is 5.75 Å². The average Bonchev–Trinajstić information content (AvgIpc) is 3.25. The Morgan fingerprint density at radius 3 is 1.44 bits per heavy atom. The van der Waals surface area contributed by atoms with Crippen molar-refractivity contribution in [2.75, 3.05) is 61.1 Å². The molecule has 0 heterocycles. The van der Waals surface area contributed by atoms with Gasteiger partial charge in [0.05, 0.1) is 33.0 Å². The monoisotopic (exact) mass is 991 g/mol. The number of hydrogen-bond donors (Lipinski definition) is 0. The van der Waals surface area contributed by atoms with E-state index in [1.54, 1.807) is 18.2 Å². The van der Waals surface area contributed by atoms with Gasteiger partial charge in [0.15, 0.2) is 28.1 Å². The maximum Gasteiger partial charge on any atom is 0.330 e. The summed E-state index contributed by atoms with van der Waals surface area (Å²) in [7, 11) is 2.86. The second-order valence-corrected chi connectivity index (χ2v) is 32.3. The van der Waals surface area contributed by atoms with Gasteiger partial charge in [-0.1, -0.05) is 158 Å². The normalized spacial score (nSPS) is 13.7. The predicted octanol–water partition coefficient (Wildman–Crippen LogP) is 15.0. The molecule has 12 heteroatoms. The molecule has 1 aromatic carbocycles. The number of rotatable bonds is 39. The van der Waals surface area contributed by atoms with Crippen LogP contribution in [0.3, 0.4) is 0 Å². The zero-order valence-corrected chi connectivity index (χ0v) is 49.0. The molecule has 0 spiro atoms. The lowest BCUT2D eigenvalue weighted by atomic mass is 10.0. The Hall–Kier alpha value is -2.23. The number of hydrogen-bond acceptors (Lipinski definition) is 10. The topological polar surface area (TPSA) is 96.0 Å². The van der Waals surface area contributed by atoms with Crippen LogP contribution in [-0.2, 0) is 23.2 Å². The van der Waals surface area contributed by atoms with Gasteiger partial charge in [0.1, 0.15) is 0 Å². The van der Waals surface area contributed by atoms with E-state index in [1.165, 1.54) is 110 Å². The fourth-order valence-electron chi connectivity index (χ4n) is 7.88. The van der Waals surface area contributed by atoms with E-state index >= 15 is 0 Å². The highest BCUT2D eigenvalue weighted by atomic mass is 28.4. The SMILES string of the molecule is CCCCCCCCCCC(CN(CCCC(=O)Oc1c(OC)cc(/C=C/C(=O)OCCCN(C)C)cc1OC)CC(CCCCCCCCCC)O[Si](C)(C)C(C)(C)C)O[Si](C)(C)C(C)(C)C. The van der Waals surface area contributed by atoms with Crippen LogP contribution in [0.25, 0.3) is 6.08 Å². The Bertz CT molecular complexity index is 1460. The highest BCUT2D eigenvalue weighted by Gasteiger charge is 2.41. The lowest BCUT2D eigenvalue weighted by Crippen LogP contribution is -2.50. The maximum atomic E-state index is 13.7. The molecule has 0 aliphatic carbocycles. The van der Waals surface area contributed by atoms with Crippen LogP contribution in [0.1, 0.15) is 196 Å². The summed E-state index contributed by atoms with van der Waals surface area (Å²) in [6.07, 6.45) is 27.5. The molecule has 0 bridgehead atoms. The van der Waals surface area contributed by atoms with Crippen molar-refractivity contribution in [1.29, 1.82) is 0 Å². The van der Waals surface area contributed by atoms with E-state index in [9.17, 15) is 9.59 Å². The first kappa shape index (κ1) is 63.8. The smallest absolute Gasteiger partial charge is 0.330 e. The molecule has 0 saturated carbocycles. The van der Waals surface area contributed by atoms with E-state index in [1.807, 2.05) is 19.0 Å². The number of esters is 2. The summed E-state index contributed by atoms with van der Waals surface area (Å²) in [5.74, 6) is 0.130. The van der Waals surface area contributed by atoms with Crippen molar-refractivity contribution in [1.82, 2.24) is 9.80 Å². The van der Waals surface area contributed by atoms with Crippen molar-refractivity contribution in [2.24, 2.45) is 0 Å². The van der Waals surface area contributed by atoms with Gasteiger partial charge < -0.3 is 32.7 Å². The van der Waals surface area contributed by atoms with Crippen molar-refractivity contribution in [3.8, 4) is 17.2 Å². The summed E-state index contributed by atoms with van der Waals surface area (Å²) < 4.78 is 37.4. The average molecular weight is 992 g/mol. The Kier molecular flexibility index (Phi) is 32.1. The lowest BCUT2D eigenvalue weighted by molar-refractivity contribution is -0.138. The van der Waals surface area contributed by atoms with Gasteiger partial charge >= 0.3 is 11.9 Å². The number of ether oxygens (including phenoxy) is 4. The minimum absolute atomic E-state index is 0.0949. The first-order chi connectivity index (χ1) is 32.0. The zero-order chi connectivity index (χ0) is 51.2. The Morgan fingerprint density at radius 2 is 1.04 bits per heavy atom. The van der Waals surface area contributed by atoms with E-state index in [0.717, 1.165) is 58.3 Å². The minimum Gasteiger partial charge on any atom is -0.493 e. The van der Waals surface area contributed by atoms with E-state index in [0.29, 0.717) is 30.1 Å². The number of nitrogens with zero attached hydrogens (tertiary/aromatic N) is 2. The van der Waals surface area contributed by atoms with Gasteiger partial charge in [-0.2, -0.15) is 0 Å². The molecule has 0 aliphatic rings. The van der Waals surface area contributed by atoms with Gasteiger partial charge in [0, 0.05) is 32.1 Å². The van der Waals surface area contributed by atoms with Gasteiger partial charge in [0.25, 0.3) is 0 Å². The number of carbonyl (C=O) groups excluding carboxylic acids is 2. The zero-order valence-electron chi connectivity index (χ0n) is 47.0. The molecule has 0 amide bonds. The highest BCUT2D eigenvalue weighted by Crippen LogP contribution is 2.41. The first-order valence-corrected chi connectivity index (χ1v) is 32.9. The molecule has 10 nitrogen and oxygen atoms in total. The van der Waals surface area contributed by atoms with Crippen LogP contribution in [0.2, 0.25) is 36.3 Å². The molecular formula is C56H106N2O8Si2. The second-order valence-electron chi connectivity index (χ2n) is 22.8. The van der Waals surface area contributed by atoms with Crippen molar-refractivity contribution >= 4 is 34.6 Å². The summed E-state index contributed by atoms with van der Waals surface area (Å²) in [5, 5.41) is 0.190. The molecule has 2 atom stereocenters. The quantitative estimate of drug-likeness (QED) is 0.0209. The Balaban J connectivity index is 3.40. The van der Waals surface area contributed by atoms with E-state index in [2.05, 4.69) is 86.5 Å². The molecule has 1 aromatic rings. The van der Waals surface area contributed by atoms with Gasteiger partial charge in [-0.25, -0.2) is 4.79 Å². The fourth-order valence-corrected chi connectivity index (χ4v) is 10.6. The number of benzene rings is 1. The molecule has 2 unspecified atom stereocenters. The summed E-state index contributed by atoms with van der Waals surface area (Å²) >= 11 is 0. The predicted molar refractivity (Wildman–Crippen MR) is 293 cm³/mol. The summed E-state index contributed by atoms with van der Waals surface area (Å²) in [6, 6.07) is 3.46. The molecule has 0 fully saturated rings. The Labute approximate surface area is 421 Å². The molecule has 68 heavy (non-hydrogen) atoms. The van der Waals surface area contributed by atoms with Gasteiger partial charge in [-0.15, -0.1) is 0 Å². The number of carbonyl (C=O) groups is 2. The van der Waals surface area contributed by atoms with Crippen LogP contribution >= 0.6 is 0 Å². The first-order valence-electron chi connectivity index (χ1n) is 27.0. The number of methoxy groups -OCH3 is 2. The van der Waals surface area contributed by atoms with Crippen molar-refractivity contribution in [3.63, 3.8) is 0 Å². The third-order valence-corrected chi connectivity index (χ3v) is 23.2. The van der Waals surface area contributed by atoms with Crippen molar-refractivity contribution < 1.29 is 37.4 Å². The summed E-state index contributed by atoms with van der Waals surface area (Å²) in [4.78, 5) is 30.8. The molecule has 396 valence electrons. The van der Waals surface area contributed by atoms with E-state index in [-0.39, 0.29) is 40.4 Å². The molecule has 0 saturated heterocycles. The second kappa shape index (κ2) is 34.2. The molecule has 0 aromatic heterocycles. The maximum absolute atomic E-state index is 13.7. The largest absolute Gasteiger partial charge is 0.493 e. The van der Waals surface area contributed by atoms with Crippen molar-refractivity contribution in [3.05, 3.63) is 23.8 Å². The summed E-state index contributed by atoms with van der Waals surface area (Å²) in [5.41, 5.74) is 0.655. The fraction of sp³-hybridized carbons (Fsp3) is 0.821. The third-order valence-electron chi connectivity index (χ3n) is 14.2. The van der Waals surface area contributed by atoms with E-state index < -0.39 is 22.6 Å². The minimum atomic E-state index is -2.08. The molecule has 0 N–H and O–H groups in total. The molecule has 0 radical (unpaired) electrons. The van der Waals surface area contributed by atoms with Crippen LogP contribution < -0.4 is 14.2 Å². The Morgan fingerprint density at radius 1 is 0.618 bits per heavy atom. The van der Waals surface area contributed by atoms with Crippen LogP contribution in [0.5, 0.6) is 17.2 Å². The lowest BCUT2D eigenvalue weighted by Gasteiger charge is -2.42. The number of unbranched alkanes of at least 4 members (excludes halogenated alkanes) is 14. The van der Waals surface area contributed by atoms with Crippen LogP contribution in [0.4, 0.5) is 0 Å². The molecule has 1 rings (SSSR count). The third kappa shape index (κ3) is 27.4. The summed E-state index contributed by atoms with van der Waals surface area (Å²) in [6.45, 7) is 31.6. The standard InChI is InChI=1S/C56H106N2O8Si2/c1-17-19-21-23-25-27-29-31-35-48(65-67(13,14)55(3,4)5)45-58(46-49(66-68(15,16)56(6,7)8)36-32-30-28-26-24-22-20-18-2)41-33-37-53(60)64-54-50(61-11)43-47(44-51(54)62-12)38-39-52(59)63-42-34-40-57(9)10/h38-39,43-44,48-49H,17-37,40-42,45-46H2,1-16H3/b39-38+. The van der Waals surface area contributed by atoms with Gasteiger partial charge in [-0.05, 0) is 106 Å². The van der Waals surface area contributed by atoms with Gasteiger partial charge in [-0.3, -0.25) is 9.69 Å². The van der Waals surface area contributed by atoms with Crippen molar-refractivity contribution in [2.45, 2.75) is 239 Å². The molecular weight excluding hydrogens is 885 g/mol. The van der Waals surface area contributed by atoms with E-state index in [4.69, 9.17) is 27.8 Å². The highest BCUT2D eigenvalue weighted by molar-refractivity contribution is 6.74. The van der Waals surface area contributed by atoms with Crippen LogP contribution in [-0.4, -0.2) is 112 Å². The molecule has 0 aliphatic heterocycles. The van der Waals surface area contributed by atoms with Crippen LogP contribution in [0, 0.1) is 0 Å².